The van der Waals surface area contributed by atoms with Crippen LogP contribution in [-0.4, -0.2) is 87.9 Å². The highest BCUT2D eigenvalue weighted by molar-refractivity contribution is 5.92. The number of aromatic nitrogens is 3. The number of carbonyl (C=O) groups is 2. The number of fused-ring (bicyclic) bond motifs is 5. The number of rotatable bonds is 10. The predicted octanol–water partition coefficient (Wildman–Crippen LogP) is 3.94. The first-order valence-corrected chi connectivity index (χ1v) is 16.2. The van der Waals surface area contributed by atoms with E-state index in [9.17, 15) is 14.7 Å². The molecule has 5 atom stereocenters. The molecule has 44 heavy (non-hydrogen) atoms. The van der Waals surface area contributed by atoms with Gasteiger partial charge in [-0.25, -0.2) is 0 Å². The van der Waals surface area contributed by atoms with Gasteiger partial charge in [-0.3, -0.25) is 14.5 Å². The van der Waals surface area contributed by atoms with Crippen LogP contribution in [-0.2, 0) is 9.59 Å². The molecule has 6 rings (SSSR count). The smallest absolute Gasteiger partial charge is 0.232 e. The van der Waals surface area contributed by atoms with Crippen LogP contribution in [0, 0.1) is 22.7 Å². The van der Waals surface area contributed by atoms with Crippen molar-refractivity contribution in [1.29, 1.82) is 0 Å². The summed E-state index contributed by atoms with van der Waals surface area (Å²) in [6.45, 7) is 16.0. The van der Waals surface area contributed by atoms with Crippen molar-refractivity contribution in [3.8, 4) is 0 Å². The van der Waals surface area contributed by atoms with E-state index in [0.717, 1.165) is 25.7 Å². The zero-order chi connectivity index (χ0) is 31.1. The van der Waals surface area contributed by atoms with Crippen molar-refractivity contribution in [1.82, 2.24) is 19.9 Å². The van der Waals surface area contributed by atoms with Crippen molar-refractivity contribution >= 4 is 29.4 Å². The normalized spacial score (nSPS) is 33.3. The van der Waals surface area contributed by atoms with Gasteiger partial charge < -0.3 is 20.6 Å². The molecule has 1 saturated heterocycles. The fraction of sp³-hybridized carbons (Fsp3) is 0.618. The number of hydrogen-bond acceptors (Lipinski definition) is 10. The maximum absolute atomic E-state index is 14.0. The topological polar surface area (TPSA) is 124 Å². The minimum absolute atomic E-state index is 0.0496. The summed E-state index contributed by atoms with van der Waals surface area (Å²) in [5.74, 6) is 2.39. The Bertz CT molecular complexity index is 1370. The van der Waals surface area contributed by atoms with Crippen molar-refractivity contribution in [2.75, 3.05) is 61.3 Å². The van der Waals surface area contributed by atoms with Crippen molar-refractivity contribution < 1.29 is 14.7 Å². The van der Waals surface area contributed by atoms with Gasteiger partial charge in [0.2, 0.25) is 17.8 Å². The van der Waals surface area contributed by atoms with E-state index in [0.29, 0.717) is 82.3 Å². The van der Waals surface area contributed by atoms with E-state index in [1.165, 1.54) is 11.1 Å². The minimum atomic E-state index is -1.33. The quantitative estimate of drug-likeness (QED) is 0.340. The molecule has 10 nitrogen and oxygen atoms in total. The summed E-state index contributed by atoms with van der Waals surface area (Å²) in [5, 5.41) is 18.5. The molecule has 0 bridgehead atoms. The summed E-state index contributed by atoms with van der Waals surface area (Å²) in [6, 6.07) is 0. The maximum atomic E-state index is 14.0. The van der Waals surface area contributed by atoms with Crippen molar-refractivity contribution in [3.05, 3.63) is 48.6 Å². The van der Waals surface area contributed by atoms with Crippen LogP contribution in [0.4, 0.5) is 17.8 Å². The summed E-state index contributed by atoms with van der Waals surface area (Å²) >= 11 is 0. The second-order valence-corrected chi connectivity index (χ2v) is 13.7. The fourth-order valence-corrected chi connectivity index (χ4v) is 8.76. The van der Waals surface area contributed by atoms with E-state index in [2.05, 4.69) is 68.5 Å². The van der Waals surface area contributed by atoms with Crippen molar-refractivity contribution in [2.45, 2.75) is 64.4 Å². The van der Waals surface area contributed by atoms with Gasteiger partial charge in [-0.2, -0.15) is 15.0 Å². The zero-order valence-electron chi connectivity index (χ0n) is 26.3. The van der Waals surface area contributed by atoms with Gasteiger partial charge in [0.15, 0.2) is 11.6 Å². The predicted molar refractivity (Wildman–Crippen MR) is 172 cm³/mol. The van der Waals surface area contributed by atoms with Crippen molar-refractivity contribution in [3.63, 3.8) is 0 Å². The molecule has 3 N–H and O–H groups in total. The maximum Gasteiger partial charge on any atom is 0.232 e. The Morgan fingerprint density at radius 1 is 1.02 bits per heavy atom. The lowest BCUT2D eigenvalue weighted by atomic mass is 9.50. The monoisotopic (exact) mass is 601 g/mol. The molecule has 3 fully saturated rings. The molecule has 10 heteroatoms. The van der Waals surface area contributed by atoms with Gasteiger partial charge in [0.25, 0.3) is 0 Å². The summed E-state index contributed by atoms with van der Waals surface area (Å²) in [5.41, 5.74) is 0.890. The molecule has 2 heterocycles. The molecule has 1 aliphatic heterocycles. The number of carbonyl (C=O) groups excluding carboxylic acids is 2. The van der Waals surface area contributed by atoms with E-state index < -0.39 is 11.0 Å². The van der Waals surface area contributed by atoms with E-state index in [1.54, 1.807) is 12.2 Å². The average Bonchev–Trinajstić information content (AvgIpc) is 3.31. The standard InChI is InChI=1S/C34H47N7O3/c1-5-15-35-29-37-30(36-16-6-2)39-31(38-29)41-19-17-40(18-20-41)22-28(43)34(44)14-11-27-25-8-7-23-21-24(42)9-12-32(23,3)26(25)10-13-33(27,34)4/h5-6,10,21,25,27,44H,1-2,7-9,11-20,22H2,3-4H3,(H2,35,36,37,38,39)/t25-,27+,32+,33+,34+/m1/s1. The van der Waals surface area contributed by atoms with Crippen LogP contribution in [0.2, 0.25) is 0 Å². The largest absolute Gasteiger partial charge is 0.381 e. The Labute approximate surface area is 260 Å². The first-order chi connectivity index (χ1) is 21.1. The molecular formula is C34H47N7O3. The highest BCUT2D eigenvalue weighted by atomic mass is 16.3. The number of hydrogen-bond donors (Lipinski definition) is 3. The summed E-state index contributed by atoms with van der Waals surface area (Å²) in [4.78, 5) is 44.1. The highest BCUT2D eigenvalue weighted by Crippen LogP contribution is 2.65. The third-order valence-electron chi connectivity index (χ3n) is 11.4. The Kier molecular flexibility index (Phi) is 8.26. The first-order valence-electron chi connectivity index (χ1n) is 16.2. The number of Topliss-reactive ketones (excluding diaryl/α,β-unsaturated/α-hetero) is 1. The number of nitrogens with zero attached hydrogens (tertiary/aromatic N) is 5. The number of allylic oxidation sites excluding steroid dienone is 4. The number of piperazine rings is 1. The van der Waals surface area contributed by atoms with Gasteiger partial charge >= 0.3 is 0 Å². The molecule has 0 unspecified atom stereocenters. The molecule has 0 spiro atoms. The Balaban J connectivity index is 1.12. The van der Waals surface area contributed by atoms with Crippen LogP contribution in [0.1, 0.15) is 58.8 Å². The molecule has 0 aromatic carbocycles. The lowest BCUT2D eigenvalue weighted by molar-refractivity contribution is -0.154. The van der Waals surface area contributed by atoms with Gasteiger partial charge in [0.1, 0.15) is 5.60 Å². The first kappa shape index (κ1) is 30.6. The van der Waals surface area contributed by atoms with E-state index in [1.807, 2.05) is 6.08 Å². The van der Waals surface area contributed by atoms with Crippen LogP contribution in [0.15, 0.2) is 48.6 Å². The molecule has 0 radical (unpaired) electrons. The molecule has 1 aromatic rings. The van der Waals surface area contributed by atoms with Crippen LogP contribution in [0.25, 0.3) is 0 Å². The fourth-order valence-electron chi connectivity index (χ4n) is 8.76. The van der Waals surface area contributed by atoms with E-state index in [-0.39, 0.29) is 29.4 Å². The van der Waals surface area contributed by atoms with Gasteiger partial charge in [-0.05, 0) is 56.4 Å². The van der Waals surface area contributed by atoms with E-state index in [4.69, 9.17) is 0 Å². The molecule has 2 saturated carbocycles. The van der Waals surface area contributed by atoms with Crippen LogP contribution >= 0.6 is 0 Å². The third kappa shape index (κ3) is 5.19. The molecule has 236 valence electrons. The number of nitrogens with one attached hydrogen (secondary N) is 2. The SMILES string of the molecule is C=CCNc1nc(NCC=C)nc(N2CCN(CC(=O)[C@@]3(O)CC[C@H]4[C@@H]5CCC6=CC(=O)CC[C@]6(C)C5=CC[C@@]43C)CC2)n1. The number of anilines is 3. The second kappa shape index (κ2) is 11.9. The van der Waals surface area contributed by atoms with Gasteiger partial charge in [-0.1, -0.05) is 43.2 Å². The number of ketones is 2. The lowest BCUT2D eigenvalue weighted by Gasteiger charge is -2.54. The lowest BCUT2D eigenvalue weighted by Crippen LogP contribution is -2.58. The zero-order valence-corrected chi connectivity index (χ0v) is 26.3. The number of aliphatic hydroxyl groups is 1. The Morgan fingerprint density at radius 2 is 1.70 bits per heavy atom. The second-order valence-electron chi connectivity index (χ2n) is 13.7. The van der Waals surface area contributed by atoms with Crippen LogP contribution < -0.4 is 15.5 Å². The third-order valence-corrected chi connectivity index (χ3v) is 11.4. The minimum Gasteiger partial charge on any atom is -0.381 e. The van der Waals surface area contributed by atoms with Gasteiger partial charge in [0.05, 0.1) is 6.54 Å². The van der Waals surface area contributed by atoms with Gasteiger partial charge in [0, 0.05) is 56.5 Å². The summed E-state index contributed by atoms with van der Waals surface area (Å²) in [6.07, 6.45) is 13.3. The Hall–Kier alpha value is -3.37. The van der Waals surface area contributed by atoms with Gasteiger partial charge in [-0.15, -0.1) is 13.2 Å². The highest BCUT2D eigenvalue weighted by Gasteiger charge is 2.64. The van der Waals surface area contributed by atoms with Crippen LogP contribution in [0.5, 0.6) is 0 Å². The molecule has 5 aliphatic rings. The Morgan fingerprint density at radius 3 is 2.36 bits per heavy atom. The summed E-state index contributed by atoms with van der Waals surface area (Å²) < 4.78 is 0. The molecule has 0 amide bonds. The molecule has 4 aliphatic carbocycles. The summed E-state index contributed by atoms with van der Waals surface area (Å²) in [7, 11) is 0. The average molecular weight is 602 g/mol. The van der Waals surface area contributed by atoms with E-state index >= 15 is 0 Å². The van der Waals surface area contributed by atoms with Crippen molar-refractivity contribution in [2.24, 2.45) is 22.7 Å². The molecule has 1 aromatic heterocycles. The molecular weight excluding hydrogens is 554 g/mol. The van der Waals surface area contributed by atoms with Crippen LogP contribution in [0.3, 0.4) is 0 Å².